The van der Waals surface area contributed by atoms with Gasteiger partial charge in [0, 0.05) is 6.54 Å². The lowest BCUT2D eigenvalue weighted by molar-refractivity contribution is -0.151. The van der Waals surface area contributed by atoms with Crippen LogP contribution in [0.5, 0.6) is 0 Å². The first kappa shape index (κ1) is 31.4. The largest absolute Gasteiger partial charge is 0.480 e. The maximum atomic E-state index is 12.9. The predicted molar refractivity (Wildman–Crippen MR) is 129 cm³/mol. The van der Waals surface area contributed by atoms with Crippen LogP contribution in [-0.4, -0.2) is 40.5 Å². The molecule has 0 aromatic rings. The van der Waals surface area contributed by atoms with Gasteiger partial charge in [-0.25, -0.2) is 4.79 Å². The van der Waals surface area contributed by atoms with Crippen molar-refractivity contribution in [2.24, 2.45) is 17.6 Å². The minimum Gasteiger partial charge on any atom is -0.480 e. The number of hydrogen-bond donors (Lipinski definition) is 2. The molecule has 0 bridgehead atoms. The van der Waals surface area contributed by atoms with Gasteiger partial charge in [0.1, 0.15) is 6.04 Å². The van der Waals surface area contributed by atoms with Crippen molar-refractivity contribution < 1.29 is 14.7 Å². The third-order valence-corrected chi connectivity index (χ3v) is 5.43. The number of carboxylic acid groups (broad SMARTS) is 1. The number of carbonyl (C=O) groups excluding carboxylic acids is 1. The van der Waals surface area contributed by atoms with E-state index in [2.05, 4.69) is 6.92 Å². The van der Waals surface area contributed by atoms with Crippen LogP contribution >= 0.6 is 12.4 Å². The monoisotopic (exact) mass is 448 g/mol. The highest BCUT2D eigenvalue weighted by Crippen LogP contribution is 2.17. The van der Waals surface area contributed by atoms with Crippen LogP contribution in [0.25, 0.3) is 0 Å². The molecular weight excluding hydrogens is 400 g/mol. The maximum absolute atomic E-state index is 12.9. The molecule has 0 unspecified atom stereocenters. The molecule has 0 radical (unpaired) electrons. The number of hydrogen-bond acceptors (Lipinski definition) is 3. The summed E-state index contributed by atoms with van der Waals surface area (Å²) in [5.41, 5.74) is 6.12. The first-order valence-corrected chi connectivity index (χ1v) is 12.0. The van der Waals surface area contributed by atoms with E-state index in [9.17, 15) is 14.7 Å². The standard InChI is InChI=1S/C24H48N2O3.ClH/c1-6-7-8-9-10-11-12-13-14-15-16-26(22(24(28)29)18-20(4)5)23(27)21(25)17-19(2)3;/h19-22H,6-18,25H2,1-5H3,(H,28,29);1H/t21-,22-;/m0./s1. The molecule has 0 aliphatic rings. The van der Waals surface area contributed by atoms with Crippen molar-refractivity contribution >= 4 is 24.3 Å². The van der Waals surface area contributed by atoms with Gasteiger partial charge in [-0.3, -0.25) is 4.79 Å². The Balaban J connectivity index is 0. The Bertz CT molecular complexity index is 444. The summed E-state index contributed by atoms with van der Waals surface area (Å²) in [7, 11) is 0. The second-order valence-electron chi connectivity index (χ2n) is 9.43. The molecular formula is C24H49ClN2O3. The van der Waals surface area contributed by atoms with Crippen molar-refractivity contribution in [1.82, 2.24) is 4.90 Å². The number of aliphatic carboxylic acids is 1. The van der Waals surface area contributed by atoms with Gasteiger partial charge in [-0.05, 0) is 31.1 Å². The Morgan fingerprint density at radius 1 is 0.800 bits per heavy atom. The van der Waals surface area contributed by atoms with Gasteiger partial charge in [0.2, 0.25) is 5.91 Å². The minimum absolute atomic E-state index is 0. The Morgan fingerprint density at radius 3 is 1.63 bits per heavy atom. The van der Waals surface area contributed by atoms with Crippen LogP contribution in [-0.2, 0) is 9.59 Å². The molecule has 0 rings (SSSR count). The third-order valence-electron chi connectivity index (χ3n) is 5.43. The Kier molecular flexibility index (Phi) is 19.8. The van der Waals surface area contributed by atoms with Gasteiger partial charge in [-0.15, -0.1) is 12.4 Å². The molecule has 0 fully saturated rings. The summed E-state index contributed by atoms with van der Waals surface area (Å²) in [6.07, 6.45) is 13.2. The average Bonchev–Trinajstić information content (AvgIpc) is 2.63. The molecule has 0 saturated carbocycles. The highest BCUT2D eigenvalue weighted by molar-refractivity contribution is 5.87. The zero-order chi connectivity index (χ0) is 22.2. The van der Waals surface area contributed by atoms with Crippen LogP contribution in [0.15, 0.2) is 0 Å². The lowest BCUT2D eigenvalue weighted by Crippen LogP contribution is -2.52. The molecule has 6 heteroatoms. The van der Waals surface area contributed by atoms with Gasteiger partial charge in [-0.1, -0.05) is 92.4 Å². The summed E-state index contributed by atoms with van der Waals surface area (Å²) < 4.78 is 0. The summed E-state index contributed by atoms with van der Waals surface area (Å²) in [5, 5.41) is 9.73. The van der Waals surface area contributed by atoms with Crippen molar-refractivity contribution in [1.29, 1.82) is 0 Å². The molecule has 0 aliphatic carbocycles. The molecule has 0 saturated heterocycles. The summed E-state index contributed by atoms with van der Waals surface area (Å²) >= 11 is 0. The molecule has 30 heavy (non-hydrogen) atoms. The quantitative estimate of drug-likeness (QED) is 0.251. The highest BCUT2D eigenvalue weighted by Gasteiger charge is 2.32. The van der Waals surface area contributed by atoms with Gasteiger partial charge < -0.3 is 15.7 Å². The van der Waals surface area contributed by atoms with Crippen molar-refractivity contribution in [2.75, 3.05) is 6.54 Å². The number of halogens is 1. The number of carboxylic acids is 1. The van der Waals surface area contributed by atoms with Crippen molar-refractivity contribution in [3.8, 4) is 0 Å². The predicted octanol–water partition coefficient (Wildman–Crippen LogP) is 6.03. The van der Waals surface area contributed by atoms with Crippen LogP contribution in [0.3, 0.4) is 0 Å². The fourth-order valence-electron chi connectivity index (χ4n) is 3.82. The molecule has 5 nitrogen and oxygen atoms in total. The fourth-order valence-corrected chi connectivity index (χ4v) is 3.82. The van der Waals surface area contributed by atoms with Gasteiger partial charge in [0.25, 0.3) is 0 Å². The van der Waals surface area contributed by atoms with E-state index in [0.29, 0.717) is 25.3 Å². The SMILES string of the molecule is CCCCCCCCCCCCN(C(=O)[C@@H](N)CC(C)C)[C@@H](CC(C)C)C(=O)O.Cl. The van der Waals surface area contributed by atoms with E-state index < -0.39 is 18.1 Å². The Hall–Kier alpha value is -0.810. The fraction of sp³-hybridized carbons (Fsp3) is 0.917. The van der Waals surface area contributed by atoms with E-state index in [1.807, 2.05) is 27.7 Å². The zero-order valence-corrected chi connectivity index (χ0v) is 21.0. The zero-order valence-electron chi connectivity index (χ0n) is 20.2. The number of unbranched alkanes of at least 4 members (excludes halogenated alkanes) is 9. The lowest BCUT2D eigenvalue weighted by Gasteiger charge is -2.32. The van der Waals surface area contributed by atoms with Gasteiger partial charge in [-0.2, -0.15) is 0 Å². The molecule has 0 aromatic heterocycles. The molecule has 0 spiro atoms. The van der Waals surface area contributed by atoms with E-state index in [1.54, 1.807) is 4.90 Å². The van der Waals surface area contributed by atoms with Gasteiger partial charge >= 0.3 is 5.97 Å². The molecule has 2 atom stereocenters. The molecule has 180 valence electrons. The number of amides is 1. The average molecular weight is 449 g/mol. The van der Waals surface area contributed by atoms with E-state index >= 15 is 0 Å². The van der Waals surface area contributed by atoms with Gasteiger partial charge in [0.15, 0.2) is 0 Å². The van der Waals surface area contributed by atoms with E-state index in [1.165, 1.54) is 44.9 Å². The molecule has 0 aromatic carbocycles. The number of rotatable bonds is 18. The van der Waals surface area contributed by atoms with Crippen LogP contribution in [0.2, 0.25) is 0 Å². The molecule has 0 heterocycles. The minimum atomic E-state index is -0.920. The number of carbonyl (C=O) groups is 2. The van der Waals surface area contributed by atoms with Gasteiger partial charge in [0.05, 0.1) is 6.04 Å². The molecule has 0 aliphatic heterocycles. The topological polar surface area (TPSA) is 83.6 Å². The van der Waals surface area contributed by atoms with E-state index in [4.69, 9.17) is 5.73 Å². The highest BCUT2D eigenvalue weighted by atomic mass is 35.5. The number of nitrogens with two attached hydrogens (primary N) is 1. The van der Waals surface area contributed by atoms with Crippen LogP contribution in [0, 0.1) is 11.8 Å². The Labute approximate surface area is 192 Å². The van der Waals surface area contributed by atoms with Crippen LogP contribution in [0.4, 0.5) is 0 Å². The Morgan fingerprint density at radius 2 is 1.23 bits per heavy atom. The first-order chi connectivity index (χ1) is 13.7. The summed E-state index contributed by atoms with van der Waals surface area (Å²) in [5.74, 6) is -0.611. The van der Waals surface area contributed by atoms with Crippen molar-refractivity contribution in [3.63, 3.8) is 0 Å². The normalized spacial score (nSPS) is 13.2. The molecule has 1 amide bonds. The smallest absolute Gasteiger partial charge is 0.326 e. The third kappa shape index (κ3) is 15.1. The van der Waals surface area contributed by atoms with Crippen LogP contribution < -0.4 is 5.73 Å². The summed E-state index contributed by atoms with van der Waals surface area (Å²) in [6, 6.07) is -1.40. The van der Waals surface area contributed by atoms with Crippen molar-refractivity contribution in [2.45, 2.75) is 124 Å². The van der Waals surface area contributed by atoms with Crippen molar-refractivity contribution in [3.05, 3.63) is 0 Å². The first-order valence-electron chi connectivity index (χ1n) is 12.0. The van der Waals surface area contributed by atoms with E-state index in [-0.39, 0.29) is 24.2 Å². The second-order valence-corrected chi connectivity index (χ2v) is 9.43. The molecule has 3 N–H and O–H groups in total. The van der Waals surface area contributed by atoms with E-state index in [0.717, 1.165) is 19.3 Å². The van der Waals surface area contributed by atoms with Crippen LogP contribution in [0.1, 0.15) is 112 Å². The summed E-state index contributed by atoms with van der Waals surface area (Å²) in [4.78, 5) is 26.4. The summed E-state index contributed by atoms with van der Waals surface area (Å²) in [6.45, 7) is 10.8. The number of nitrogens with zero attached hydrogens (tertiary/aromatic N) is 1. The maximum Gasteiger partial charge on any atom is 0.326 e. The second kappa shape index (κ2) is 18.9. The lowest BCUT2D eigenvalue weighted by atomic mass is 9.98.